The molecule has 0 amide bonds. The molecular formula is C23H22ClN3O3S. The van der Waals surface area contributed by atoms with Crippen molar-refractivity contribution in [1.29, 1.82) is 0 Å². The summed E-state index contributed by atoms with van der Waals surface area (Å²) in [5, 5.41) is 10.1. The summed E-state index contributed by atoms with van der Waals surface area (Å²) in [7, 11) is 1.45. The van der Waals surface area contributed by atoms with Gasteiger partial charge < -0.3 is 14.7 Å². The van der Waals surface area contributed by atoms with Gasteiger partial charge in [-0.2, -0.15) is 0 Å². The van der Waals surface area contributed by atoms with Crippen LogP contribution in [0.25, 0.3) is 22.3 Å². The maximum atomic E-state index is 12.9. The third-order valence-corrected chi connectivity index (χ3v) is 6.44. The molecule has 0 bridgehead atoms. The molecule has 160 valence electrons. The van der Waals surface area contributed by atoms with Gasteiger partial charge in [0.2, 0.25) is 0 Å². The molecule has 6 nitrogen and oxygen atoms in total. The molecular weight excluding hydrogens is 434 g/mol. The van der Waals surface area contributed by atoms with Crippen molar-refractivity contribution in [2.75, 3.05) is 25.1 Å². The Hall–Kier alpha value is -3.03. The molecule has 0 saturated carbocycles. The van der Waals surface area contributed by atoms with Crippen molar-refractivity contribution in [2.24, 2.45) is 0 Å². The fourth-order valence-electron chi connectivity index (χ4n) is 3.49. The number of ether oxygens (including phenoxy) is 1. The molecule has 2 aromatic carbocycles. The summed E-state index contributed by atoms with van der Waals surface area (Å²) in [6.07, 6.45) is 3.48. The van der Waals surface area contributed by atoms with Crippen LogP contribution in [0.1, 0.15) is 19.4 Å². The number of halogens is 1. The van der Waals surface area contributed by atoms with Crippen molar-refractivity contribution in [3.8, 4) is 22.8 Å². The Morgan fingerprint density at radius 1 is 1.23 bits per heavy atom. The van der Waals surface area contributed by atoms with Gasteiger partial charge in [0, 0.05) is 30.5 Å². The second kappa shape index (κ2) is 8.61. The third-order valence-electron chi connectivity index (χ3n) is 5.16. The fraction of sp³-hybridized carbons (Fsp3) is 0.217. The average molecular weight is 456 g/mol. The average Bonchev–Trinajstić information content (AvgIpc) is 3.31. The first-order valence-electron chi connectivity index (χ1n) is 9.90. The highest BCUT2D eigenvalue weighted by atomic mass is 35.5. The molecule has 0 radical (unpaired) electrons. The molecule has 0 unspecified atom stereocenters. The second-order valence-corrected chi connectivity index (χ2v) is 8.38. The minimum atomic E-state index is -0.151. The van der Waals surface area contributed by atoms with Crippen LogP contribution < -0.4 is 19.7 Å². The van der Waals surface area contributed by atoms with Crippen molar-refractivity contribution >= 4 is 39.7 Å². The van der Waals surface area contributed by atoms with Crippen molar-refractivity contribution in [1.82, 2.24) is 9.38 Å². The summed E-state index contributed by atoms with van der Waals surface area (Å²) in [6.45, 7) is 6.17. The van der Waals surface area contributed by atoms with Crippen LogP contribution in [0.5, 0.6) is 11.5 Å². The van der Waals surface area contributed by atoms with Crippen LogP contribution in [-0.4, -0.2) is 34.7 Å². The second-order valence-electron chi connectivity index (χ2n) is 6.97. The maximum absolute atomic E-state index is 12.9. The number of nitrogens with zero attached hydrogens (tertiary/aromatic N) is 3. The maximum Gasteiger partial charge on any atom is 0.274 e. The number of hydrogen-bond acceptors (Lipinski definition) is 6. The number of rotatable bonds is 6. The molecule has 0 atom stereocenters. The lowest BCUT2D eigenvalue weighted by atomic mass is 10.1. The lowest BCUT2D eigenvalue weighted by Crippen LogP contribution is -2.22. The number of hydrogen-bond donors (Lipinski definition) is 1. The zero-order valence-electron chi connectivity index (χ0n) is 17.4. The predicted octanol–water partition coefficient (Wildman–Crippen LogP) is 4.18. The van der Waals surface area contributed by atoms with Crippen LogP contribution in [0.4, 0.5) is 5.69 Å². The Bertz CT molecular complexity index is 1340. The highest BCUT2D eigenvalue weighted by Crippen LogP contribution is 2.35. The summed E-state index contributed by atoms with van der Waals surface area (Å²) < 4.78 is 7.21. The number of anilines is 1. The lowest BCUT2D eigenvalue weighted by Gasteiger charge is -2.20. The summed E-state index contributed by atoms with van der Waals surface area (Å²) >= 11 is 7.36. The SMILES string of the molecule is CCN(CC)c1ccc(-c2cn3c(=O)c(=Cc4cc(Cl)c(O)c(OC)c4)sc3n2)cc1. The van der Waals surface area contributed by atoms with Gasteiger partial charge >= 0.3 is 0 Å². The van der Waals surface area contributed by atoms with Crippen LogP contribution in [-0.2, 0) is 0 Å². The Labute approximate surface area is 188 Å². The normalized spacial score (nSPS) is 11.9. The molecule has 4 aromatic rings. The molecule has 4 rings (SSSR count). The number of thiazole rings is 1. The van der Waals surface area contributed by atoms with E-state index >= 15 is 0 Å². The van der Waals surface area contributed by atoms with E-state index in [-0.39, 0.29) is 22.1 Å². The topological polar surface area (TPSA) is 67.1 Å². The first kappa shape index (κ1) is 21.2. The smallest absolute Gasteiger partial charge is 0.274 e. The van der Waals surface area contributed by atoms with E-state index in [0.29, 0.717) is 15.1 Å². The quantitative estimate of drug-likeness (QED) is 0.472. The zero-order chi connectivity index (χ0) is 22.1. The minimum Gasteiger partial charge on any atom is -0.503 e. The van der Waals surface area contributed by atoms with E-state index in [2.05, 4.69) is 35.9 Å². The number of phenolic OH excluding ortho intramolecular Hbond substituents is 1. The first-order valence-corrected chi connectivity index (χ1v) is 11.1. The number of phenols is 1. The van der Waals surface area contributed by atoms with Crippen LogP contribution >= 0.6 is 22.9 Å². The highest BCUT2D eigenvalue weighted by molar-refractivity contribution is 7.15. The van der Waals surface area contributed by atoms with Crippen LogP contribution in [0.3, 0.4) is 0 Å². The Morgan fingerprint density at radius 2 is 1.94 bits per heavy atom. The van der Waals surface area contributed by atoms with Crippen molar-refractivity contribution < 1.29 is 9.84 Å². The summed E-state index contributed by atoms with van der Waals surface area (Å²) in [5.74, 6) is 0.129. The van der Waals surface area contributed by atoms with E-state index in [4.69, 9.17) is 16.3 Å². The molecule has 0 aliphatic heterocycles. The van der Waals surface area contributed by atoms with Crippen LogP contribution in [0.2, 0.25) is 5.02 Å². The first-order chi connectivity index (χ1) is 14.9. The monoisotopic (exact) mass is 455 g/mol. The molecule has 0 aliphatic rings. The molecule has 1 N–H and O–H groups in total. The minimum absolute atomic E-state index is 0.124. The number of fused-ring (bicyclic) bond motifs is 1. The third kappa shape index (κ3) is 3.98. The van der Waals surface area contributed by atoms with E-state index in [1.54, 1.807) is 28.8 Å². The van der Waals surface area contributed by atoms with Gasteiger partial charge in [0.25, 0.3) is 5.56 Å². The van der Waals surface area contributed by atoms with Crippen molar-refractivity contribution in [2.45, 2.75) is 13.8 Å². The van der Waals surface area contributed by atoms with E-state index in [1.165, 1.54) is 24.1 Å². The molecule has 8 heteroatoms. The number of aromatic hydroxyl groups is 1. The Balaban J connectivity index is 1.70. The molecule has 0 saturated heterocycles. The van der Waals surface area contributed by atoms with E-state index in [9.17, 15) is 9.90 Å². The lowest BCUT2D eigenvalue weighted by molar-refractivity contribution is 0.373. The summed E-state index contributed by atoms with van der Waals surface area (Å²) in [4.78, 5) is 20.4. The van der Waals surface area contributed by atoms with Gasteiger partial charge in [-0.25, -0.2) is 4.98 Å². The molecule has 31 heavy (non-hydrogen) atoms. The zero-order valence-corrected chi connectivity index (χ0v) is 19.0. The fourth-order valence-corrected chi connectivity index (χ4v) is 4.66. The van der Waals surface area contributed by atoms with Gasteiger partial charge in [-0.3, -0.25) is 9.20 Å². The van der Waals surface area contributed by atoms with Crippen LogP contribution in [0, 0.1) is 0 Å². The summed E-state index contributed by atoms with van der Waals surface area (Å²) in [6, 6.07) is 11.4. The van der Waals surface area contributed by atoms with Crippen LogP contribution in [0.15, 0.2) is 47.4 Å². The van der Waals surface area contributed by atoms with E-state index in [0.717, 1.165) is 24.3 Å². The van der Waals surface area contributed by atoms with E-state index < -0.39 is 0 Å². The Kier molecular flexibility index (Phi) is 5.89. The van der Waals surface area contributed by atoms with Crippen molar-refractivity contribution in [3.63, 3.8) is 0 Å². The molecule has 0 fully saturated rings. The standard InChI is InChI=1S/C23H22ClN3O3S/c1-4-26(5-2)16-8-6-15(7-9-16)18-13-27-22(29)20(31-23(27)25-18)12-14-10-17(24)21(28)19(11-14)30-3/h6-13,28H,4-5H2,1-3H3. The predicted molar refractivity (Wildman–Crippen MR) is 127 cm³/mol. The molecule has 0 spiro atoms. The molecule has 0 aliphatic carbocycles. The summed E-state index contributed by atoms with van der Waals surface area (Å²) in [5.41, 5.74) is 3.40. The van der Waals surface area contributed by atoms with Gasteiger partial charge in [-0.05, 0) is 49.8 Å². The Morgan fingerprint density at radius 3 is 2.55 bits per heavy atom. The van der Waals surface area contributed by atoms with Gasteiger partial charge in [0.05, 0.1) is 22.4 Å². The van der Waals surface area contributed by atoms with Gasteiger partial charge in [-0.1, -0.05) is 35.1 Å². The van der Waals surface area contributed by atoms with Gasteiger partial charge in [-0.15, -0.1) is 0 Å². The molecule has 2 heterocycles. The largest absolute Gasteiger partial charge is 0.503 e. The van der Waals surface area contributed by atoms with Crippen molar-refractivity contribution in [3.05, 3.63) is 68.1 Å². The number of benzene rings is 2. The van der Waals surface area contributed by atoms with Gasteiger partial charge in [0.1, 0.15) is 0 Å². The number of methoxy groups -OCH3 is 1. The van der Waals surface area contributed by atoms with E-state index in [1.807, 2.05) is 12.1 Å². The number of imidazole rings is 1. The van der Waals surface area contributed by atoms with Gasteiger partial charge in [0.15, 0.2) is 16.5 Å². The molecule has 2 aromatic heterocycles. The highest BCUT2D eigenvalue weighted by Gasteiger charge is 2.12. The number of aromatic nitrogens is 2.